The van der Waals surface area contributed by atoms with Crippen LogP contribution in [0.2, 0.25) is 0 Å². The summed E-state index contributed by atoms with van der Waals surface area (Å²) in [5, 5.41) is 4.23. The second-order valence-electron chi connectivity index (χ2n) is 6.46. The summed E-state index contributed by atoms with van der Waals surface area (Å²) in [6.07, 6.45) is -0.174. The third-order valence-electron chi connectivity index (χ3n) is 4.11. The van der Waals surface area contributed by atoms with Crippen LogP contribution in [0.5, 0.6) is 0 Å². The lowest BCUT2D eigenvalue weighted by Crippen LogP contribution is -2.31. The molecule has 3 aromatic rings. The van der Waals surface area contributed by atoms with Crippen LogP contribution in [-0.2, 0) is 27.3 Å². The highest BCUT2D eigenvalue weighted by Crippen LogP contribution is 2.09. The third kappa shape index (κ3) is 4.48. The summed E-state index contributed by atoms with van der Waals surface area (Å²) < 4.78 is 20.2. The third-order valence-corrected chi connectivity index (χ3v) is 4.11. The van der Waals surface area contributed by atoms with Gasteiger partial charge in [0.15, 0.2) is 12.4 Å². The van der Waals surface area contributed by atoms with Crippen molar-refractivity contribution in [3.8, 4) is 0 Å². The van der Waals surface area contributed by atoms with Crippen molar-refractivity contribution in [2.75, 3.05) is 13.7 Å². The van der Waals surface area contributed by atoms with E-state index in [0.29, 0.717) is 11.3 Å². The number of aromatic nitrogens is 4. The molecule has 2 heterocycles. The Morgan fingerprint density at radius 1 is 1.21 bits per heavy atom. The molecule has 146 valence electrons. The fourth-order valence-corrected chi connectivity index (χ4v) is 2.69. The molecule has 3 rings (SSSR count). The number of benzene rings is 1. The van der Waals surface area contributed by atoms with E-state index in [1.807, 2.05) is 19.9 Å². The van der Waals surface area contributed by atoms with Crippen molar-refractivity contribution in [1.29, 1.82) is 0 Å². The maximum Gasteiger partial charge on any atom is 0.314 e. The number of halogens is 1. The van der Waals surface area contributed by atoms with Crippen molar-refractivity contribution in [1.82, 2.24) is 24.5 Å². The van der Waals surface area contributed by atoms with Gasteiger partial charge in [0, 0.05) is 30.5 Å². The molecular weight excluding hydrogens is 365 g/mol. The minimum Gasteiger partial charge on any atom is -0.455 e. The molecule has 1 amide bonds. The van der Waals surface area contributed by atoms with E-state index in [-0.39, 0.29) is 18.8 Å². The molecule has 0 fully saturated rings. The van der Waals surface area contributed by atoms with Crippen molar-refractivity contribution in [3.05, 3.63) is 58.9 Å². The Bertz CT molecular complexity index is 1030. The molecule has 0 unspecified atom stereocenters. The number of nitrogens with zero attached hydrogens (tertiary/aromatic N) is 5. The normalized spacial score (nSPS) is 10.9. The summed E-state index contributed by atoms with van der Waals surface area (Å²) in [7, 11) is 1.52. The number of aryl methyl sites for hydroxylation is 2. The van der Waals surface area contributed by atoms with E-state index in [4.69, 9.17) is 4.74 Å². The highest BCUT2D eigenvalue weighted by molar-refractivity contribution is 5.80. The first-order chi connectivity index (χ1) is 13.3. The molecule has 2 aromatic heterocycles. The highest BCUT2D eigenvalue weighted by Gasteiger charge is 2.16. The number of ether oxygens (including phenoxy) is 1. The van der Waals surface area contributed by atoms with Crippen molar-refractivity contribution in [3.63, 3.8) is 0 Å². The van der Waals surface area contributed by atoms with Crippen molar-refractivity contribution in [2.45, 2.75) is 26.8 Å². The zero-order valence-corrected chi connectivity index (χ0v) is 15.8. The predicted molar refractivity (Wildman–Crippen MR) is 97.8 cm³/mol. The van der Waals surface area contributed by atoms with Gasteiger partial charge < -0.3 is 9.64 Å². The van der Waals surface area contributed by atoms with Gasteiger partial charge in [0.2, 0.25) is 0 Å². The van der Waals surface area contributed by atoms with Gasteiger partial charge in [-0.3, -0.25) is 9.59 Å². The van der Waals surface area contributed by atoms with Gasteiger partial charge in [-0.2, -0.15) is 4.98 Å². The minimum absolute atomic E-state index is 0.0847. The standard InChI is InChI=1S/C19H20FN5O3/c1-12-8-13(2)25-19(21-12)22-16(23-25)9-18(27)28-11-17(26)24(3)10-14-6-4-5-7-15(14)20/h4-8H,9-11H2,1-3H3. The van der Waals surface area contributed by atoms with Crippen molar-refractivity contribution in [2.24, 2.45) is 0 Å². The average Bonchev–Trinajstić information content (AvgIpc) is 3.04. The maximum atomic E-state index is 13.7. The van der Waals surface area contributed by atoms with Crippen LogP contribution in [0.25, 0.3) is 5.78 Å². The molecule has 0 aliphatic rings. The number of hydrogen-bond donors (Lipinski definition) is 0. The summed E-state index contributed by atoms with van der Waals surface area (Å²) >= 11 is 0. The van der Waals surface area contributed by atoms with Gasteiger partial charge in [0.1, 0.15) is 12.2 Å². The molecule has 0 saturated carbocycles. The van der Waals surface area contributed by atoms with E-state index in [0.717, 1.165) is 11.4 Å². The van der Waals surface area contributed by atoms with E-state index >= 15 is 0 Å². The van der Waals surface area contributed by atoms with Crippen LogP contribution in [0.15, 0.2) is 30.3 Å². The van der Waals surface area contributed by atoms with E-state index in [9.17, 15) is 14.0 Å². The number of fused-ring (bicyclic) bond motifs is 1. The van der Waals surface area contributed by atoms with Crippen LogP contribution in [-0.4, -0.2) is 50.0 Å². The Labute approximate surface area is 161 Å². The molecule has 0 spiro atoms. The SMILES string of the molecule is Cc1cc(C)n2nc(CC(=O)OCC(=O)N(C)Cc3ccccc3F)nc2n1. The molecule has 9 heteroatoms. The summed E-state index contributed by atoms with van der Waals surface area (Å²) in [4.78, 5) is 33.9. The molecule has 0 aliphatic heterocycles. The molecule has 28 heavy (non-hydrogen) atoms. The zero-order valence-electron chi connectivity index (χ0n) is 15.8. The molecule has 0 radical (unpaired) electrons. The lowest BCUT2D eigenvalue weighted by Gasteiger charge is -2.17. The molecule has 0 N–H and O–H groups in total. The van der Waals surface area contributed by atoms with Gasteiger partial charge >= 0.3 is 5.97 Å². The fourth-order valence-electron chi connectivity index (χ4n) is 2.69. The van der Waals surface area contributed by atoms with Crippen LogP contribution in [0.4, 0.5) is 4.39 Å². The summed E-state index contributed by atoms with van der Waals surface area (Å²) in [5.41, 5.74) is 2.03. The monoisotopic (exact) mass is 385 g/mol. The fraction of sp³-hybridized carbons (Fsp3) is 0.316. The topological polar surface area (TPSA) is 89.7 Å². The largest absolute Gasteiger partial charge is 0.455 e. The van der Waals surface area contributed by atoms with Crippen LogP contribution >= 0.6 is 0 Å². The van der Waals surface area contributed by atoms with Crippen molar-refractivity contribution < 1.29 is 18.7 Å². The number of carbonyl (C=O) groups excluding carboxylic acids is 2. The summed E-state index contributed by atoms with van der Waals surface area (Å²) in [5.74, 6) is -0.791. The Morgan fingerprint density at radius 3 is 2.71 bits per heavy atom. The molecule has 8 nitrogen and oxygen atoms in total. The molecule has 0 aliphatic carbocycles. The van der Waals surface area contributed by atoms with E-state index < -0.39 is 24.3 Å². The summed E-state index contributed by atoms with van der Waals surface area (Å²) in [6, 6.07) is 8.05. The van der Waals surface area contributed by atoms with E-state index in [1.165, 1.54) is 18.0 Å². The molecule has 0 bridgehead atoms. The Kier molecular flexibility index (Phi) is 5.62. The Hall–Kier alpha value is -3.36. The van der Waals surface area contributed by atoms with Gasteiger partial charge in [-0.15, -0.1) is 5.10 Å². The number of rotatable bonds is 6. The smallest absolute Gasteiger partial charge is 0.314 e. The lowest BCUT2D eigenvalue weighted by molar-refractivity contribution is -0.151. The molecule has 0 atom stereocenters. The van der Waals surface area contributed by atoms with Crippen LogP contribution in [0.1, 0.15) is 22.8 Å². The molecule has 0 saturated heterocycles. The summed E-state index contributed by atoms with van der Waals surface area (Å²) in [6.45, 7) is 3.36. The highest BCUT2D eigenvalue weighted by atomic mass is 19.1. The second-order valence-corrected chi connectivity index (χ2v) is 6.46. The van der Waals surface area contributed by atoms with Gasteiger partial charge in [0.25, 0.3) is 11.7 Å². The molecule has 1 aromatic carbocycles. The Balaban J connectivity index is 1.54. The first-order valence-electron chi connectivity index (χ1n) is 8.66. The van der Waals surface area contributed by atoms with Gasteiger partial charge in [-0.1, -0.05) is 18.2 Å². The number of amides is 1. The number of esters is 1. The number of carbonyl (C=O) groups is 2. The lowest BCUT2D eigenvalue weighted by atomic mass is 10.2. The quantitative estimate of drug-likeness (QED) is 0.599. The average molecular weight is 385 g/mol. The number of likely N-dealkylation sites (N-methyl/N-ethyl adjacent to an activating group) is 1. The molecular formula is C19H20FN5O3. The first-order valence-corrected chi connectivity index (χ1v) is 8.66. The van der Waals surface area contributed by atoms with Crippen LogP contribution in [0, 0.1) is 19.7 Å². The van der Waals surface area contributed by atoms with E-state index in [1.54, 1.807) is 22.7 Å². The first kappa shape index (κ1) is 19.4. The van der Waals surface area contributed by atoms with Gasteiger partial charge in [-0.05, 0) is 26.0 Å². The van der Waals surface area contributed by atoms with Crippen molar-refractivity contribution >= 4 is 17.7 Å². The van der Waals surface area contributed by atoms with E-state index in [2.05, 4.69) is 15.1 Å². The number of hydrogen-bond acceptors (Lipinski definition) is 6. The maximum absolute atomic E-state index is 13.7. The van der Waals surface area contributed by atoms with Gasteiger partial charge in [-0.25, -0.2) is 13.9 Å². The minimum atomic E-state index is -0.627. The zero-order chi connectivity index (χ0) is 20.3. The van der Waals surface area contributed by atoms with Crippen LogP contribution < -0.4 is 0 Å². The second kappa shape index (κ2) is 8.12. The Morgan fingerprint density at radius 2 is 1.96 bits per heavy atom. The van der Waals surface area contributed by atoms with Gasteiger partial charge in [0.05, 0.1) is 0 Å². The van der Waals surface area contributed by atoms with Crippen LogP contribution in [0.3, 0.4) is 0 Å². The predicted octanol–water partition coefficient (Wildman–Crippen LogP) is 1.62.